The van der Waals surface area contributed by atoms with E-state index < -0.39 is 5.82 Å². The van der Waals surface area contributed by atoms with Crippen molar-refractivity contribution in [2.75, 3.05) is 0 Å². The average Bonchev–Trinajstić information content (AvgIpc) is 2.76. The van der Waals surface area contributed by atoms with E-state index in [0.717, 1.165) is 0 Å². The summed E-state index contributed by atoms with van der Waals surface area (Å²) in [5, 5.41) is 8.60. The first-order chi connectivity index (χ1) is 8.24. The minimum absolute atomic E-state index is 0.00925. The summed E-state index contributed by atoms with van der Waals surface area (Å²) in [5.41, 5.74) is 0.678. The van der Waals surface area contributed by atoms with Crippen LogP contribution in [0.2, 0.25) is 0 Å². The molecule has 0 aliphatic rings. The third-order valence-corrected chi connectivity index (χ3v) is 2.36. The molecule has 17 heavy (non-hydrogen) atoms. The second-order valence-corrected chi connectivity index (χ2v) is 3.46. The Kier molecular flexibility index (Phi) is 2.97. The number of carbonyl (C=O) groups is 1. The standard InChI is InChI=1S/C12H8FN3O/c13-11-5-9(1-2-10(11)6-14)7-16-4-3-15-12(16)8-17/h1-5,8H,7H2. The quantitative estimate of drug-likeness (QED) is 0.753. The maximum atomic E-state index is 13.3. The molecule has 0 unspecified atom stereocenters. The van der Waals surface area contributed by atoms with Crippen LogP contribution in [0.15, 0.2) is 30.6 Å². The van der Waals surface area contributed by atoms with Gasteiger partial charge in [0.2, 0.25) is 0 Å². The molecule has 4 nitrogen and oxygen atoms in total. The number of hydrogen-bond acceptors (Lipinski definition) is 3. The number of imidazole rings is 1. The van der Waals surface area contributed by atoms with Gasteiger partial charge in [-0.05, 0) is 17.7 Å². The van der Waals surface area contributed by atoms with E-state index in [0.29, 0.717) is 18.4 Å². The maximum Gasteiger partial charge on any atom is 0.185 e. The van der Waals surface area contributed by atoms with E-state index >= 15 is 0 Å². The Morgan fingerprint density at radius 1 is 1.53 bits per heavy atom. The molecule has 0 spiro atoms. The molecule has 0 aliphatic carbocycles. The molecule has 1 aromatic heterocycles. The van der Waals surface area contributed by atoms with Crippen molar-refractivity contribution in [1.82, 2.24) is 9.55 Å². The van der Waals surface area contributed by atoms with E-state index in [9.17, 15) is 9.18 Å². The molecule has 2 rings (SSSR count). The second kappa shape index (κ2) is 4.58. The van der Waals surface area contributed by atoms with E-state index in [2.05, 4.69) is 4.98 Å². The third kappa shape index (κ3) is 2.21. The fraction of sp³-hybridized carbons (Fsp3) is 0.0833. The zero-order chi connectivity index (χ0) is 12.3. The lowest BCUT2D eigenvalue weighted by atomic mass is 10.1. The summed E-state index contributed by atoms with van der Waals surface area (Å²) >= 11 is 0. The Labute approximate surface area is 96.9 Å². The van der Waals surface area contributed by atoms with Gasteiger partial charge in [-0.1, -0.05) is 6.07 Å². The number of benzene rings is 1. The molecule has 0 saturated heterocycles. The molecule has 0 N–H and O–H groups in total. The normalized spacial score (nSPS) is 9.88. The largest absolute Gasteiger partial charge is 0.324 e. The first kappa shape index (κ1) is 11.0. The van der Waals surface area contributed by atoms with E-state index in [1.807, 2.05) is 0 Å². The molecular weight excluding hydrogens is 221 g/mol. The van der Waals surface area contributed by atoms with Gasteiger partial charge in [-0.2, -0.15) is 5.26 Å². The van der Waals surface area contributed by atoms with Crippen LogP contribution in [0.3, 0.4) is 0 Å². The lowest BCUT2D eigenvalue weighted by Gasteiger charge is -2.05. The molecule has 1 heterocycles. The van der Waals surface area contributed by atoms with Crippen LogP contribution in [0, 0.1) is 17.1 Å². The number of nitriles is 1. The van der Waals surface area contributed by atoms with Crippen molar-refractivity contribution < 1.29 is 9.18 Å². The maximum absolute atomic E-state index is 13.3. The Morgan fingerprint density at radius 3 is 3.00 bits per heavy atom. The van der Waals surface area contributed by atoms with Crippen LogP contribution in [0.1, 0.15) is 21.7 Å². The number of carbonyl (C=O) groups excluding carboxylic acids is 1. The van der Waals surface area contributed by atoms with Crippen LogP contribution in [-0.4, -0.2) is 15.8 Å². The second-order valence-electron chi connectivity index (χ2n) is 3.46. The van der Waals surface area contributed by atoms with Gasteiger partial charge in [0, 0.05) is 18.9 Å². The van der Waals surface area contributed by atoms with Gasteiger partial charge >= 0.3 is 0 Å². The number of halogens is 1. The molecule has 0 bridgehead atoms. The van der Waals surface area contributed by atoms with Gasteiger partial charge < -0.3 is 4.57 Å². The zero-order valence-electron chi connectivity index (χ0n) is 8.80. The lowest BCUT2D eigenvalue weighted by molar-refractivity contribution is 0.111. The first-order valence-corrected chi connectivity index (χ1v) is 4.89. The zero-order valence-corrected chi connectivity index (χ0v) is 8.80. The van der Waals surface area contributed by atoms with Gasteiger partial charge in [0.25, 0.3) is 0 Å². The Balaban J connectivity index is 2.28. The van der Waals surface area contributed by atoms with Gasteiger partial charge in [0.05, 0.1) is 5.56 Å². The Hall–Kier alpha value is -2.48. The predicted octanol–water partition coefficient (Wildman–Crippen LogP) is 1.75. The van der Waals surface area contributed by atoms with Crippen molar-refractivity contribution in [2.45, 2.75) is 6.54 Å². The van der Waals surface area contributed by atoms with Gasteiger partial charge in [-0.3, -0.25) is 4.79 Å². The Bertz CT molecular complexity index is 598. The summed E-state index contributed by atoms with van der Waals surface area (Å²) in [6, 6.07) is 6.11. The summed E-state index contributed by atoms with van der Waals surface area (Å²) in [5.74, 6) is -0.271. The molecule has 0 amide bonds. The molecule has 84 valence electrons. The molecule has 0 radical (unpaired) electrons. The smallest absolute Gasteiger partial charge is 0.185 e. The highest BCUT2D eigenvalue weighted by atomic mass is 19.1. The van der Waals surface area contributed by atoms with Crippen molar-refractivity contribution in [2.24, 2.45) is 0 Å². The van der Waals surface area contributed by atoms with Crippen molar-refractivity contribution in [1.29, 1.82) is 5.26 Å². The minimum Gasteiger partial charge on any atom is -0.324 e. The molecule has 1 aromatic carbocycles. The molecule has 0 saturated carbocycles. The Morgan fingerprint density at radius 2 is 2.35 bits per heavy atom. The van der Waals surface area contributed by atoms with Gasteiger partial charge in [-0.15, -0.1) is 0 Å². The summed E-state index contributed by atoms with van der Waals surface area (Å²) < 4.78 is 14.9. The lowest BCUT2D eigenvalue weighted by Crippen LogP contribution is -2.03. The molecule has 0 aliphatic heterocycles. The number of rotatable bonds is 3. The number of nitrogens with zero attached hydrogens (tertiary/aromatic N) is 3. The molecule has 0 fully saturated rings. The topological polar surface area (TPSA) is 58.7 Å². The summed E-state index contributed by atoms with van der Waals surface area (Å²) in [6.07, 6.45) is 3.78. The van der Waals surface area contributed by atoms with Crippen LogP contribution in [0.25, 0.3) is 0 Å². The fourth-order valence-electron chi connectivity index (χ4n) is 1.52. The molecule has 5 heteroatoms. The van der Waals surface area contributed by atoms with Crippen LogP contribution in [-0.2, 0) is 6.54 Å². The molecule has 2 aromatic rings. The highest BCUT2D eigenvalue weighted by molar-refractivity contribution is 5.69. The van der Waals surface area contributed by atoms with E-state index in [4.69, 9.17) is 5.26 Å². The van der Waals surface area contributed by atoms with Crippen molar-refractivity contribution in [3.8, 4) is 6.07 Å². The number of aromatic nitrogens is 2. The SMILES string of the molecule is N#Cc1ccc(Cn2ccnc2C=O)cc1F. The summed E-state index contributed by atoms with van der Waals surface area (Å²) in [7, 11) is 0. The van der Waals surface area contributed by atoms with Crippen LogP contribution in [0.5, 0.6) is 0 Å². The summed E-state index contributed by atoms with van der Waals surface area (Å²) in [6.45, 7) is 0.344. The van der Waals surface area contributed by atoms with Gasteiger partial charge in [0.1, 0.15) is 11.9 Å². The minimum atomic E-state index is -0.558. The van der Waals surface area contributed by atoms with E-state index in [1.165, 1.54) is 18.3 Å². The third-order valence-electron chi connectivity index (χ3n) is 2.36. The average molecular weight is 229 g/mol. The molecule has 0 atom stereocenters. The fourth-order valence-corrected chi connectivity index (χ4v) is 1.52. The van der Waals surface area contributed by atoms with E-state index in [1.54, 1.807) is 22.9 Å². The predicted molar refractivity (Wildman–Crippen MR) is 57.8 cm³/mol. The van der Waals surface area contributed by atoms with Crippen molar-refractivity contribution in [3.63, 3.8) is 0 Å². The highest BCUT2D eigenvalue weighted by Crippen LogP contribution is 2.11. The van der Waals surface area contributed by atoms with Crippen molar-refractivity contribution >= 4 is 6.29 Å². The molecular formula is C12H8FN3O. The highest BCUT2D eigenvalue weighted by Gasteiger charge is 2.05. The number of hydrogen-bond donors (Lipinski definition) is 0. The van der Waals surface area contributed by atoms with Gasteiger partial charge in [-0.25, -0.2) is 9.37 Å². The first-order valence-electron chi connectivity index (χ1n) is 4.89. The van der Waals surface area contributed by atoms with Crippen LogP contribution >= 0.6 is 0 Å². The van der Waals surface area contributed by atoms with Gasteiger partial charge in [0.15, 0.2) is 12.1 Å². The summed E-state index contributed by atoms with van der Waals surface area (Å²) in [4.78, 5) is 14.5. The van der Waals surface area contributed by atoms with E-state index in [-0.39, 0.29) is 11.4 Å². The van der Waals surface area contributed by atoms with Crippen molar-refractivity contribution in [3.05, 3.63) is 53.4 Å². The van der Waals surface area contributed by atoms with Crippen LogP contribution in [0.4, 0.5) is 4.39 Å². The monoisotopic (exact) mass is 229 g/mol. The van der Waals surface area contributed by atoms with Crippen LogP contribution < -0.4 is 0 Å². The number of aldehydes is 1.